The maximum atomic E-state index is 14.5. The number of halogens is 9. The molecule has 0 saturated carbocycles. The maximum absolute atomic E-state index is 14.5. The monoisotopic (exact) mass is 625 g/mol. The third-order valence-corrected chi connectivity index (χ3v) is 9.67. The number of nitrogens with one attached hydrogen (secondary N) is 1. The Hall–Kier alpha value is -1.43. The number of carbonyl (C=O) groups excluding carboxylic acids is 1. The first-order valence-electron chi connectivity index (χ1n) is 9.45. The number of alkyl halides is 9. The zero-order chi connectivity index (χ0) is 29.6. The first-order chi connectivity index (χ1) is 16.1. The number of rotatable bonds is 10. The lowest BCUT2D eigenvalue weighted by Crippen LogP contribution is -2.67. The van der Waals surface area contributed by atoms with Gasteiger partial charge in [-0.3, -0.25) is 9.69 Å². The predicted octanol–water partition coefficient (Wildman–Crippen LogP) is 0.516. The Morgan fingerprint density at radius 2 is 1.30 bits per heavy atom. The Kier molecular flexibility index (Phi) is 9.33. The second-order valence-corrected chi connectivity index (χ2v) is 13.6. The minimum atomic E-state index is -7.22. The van der Waals surface area contributed by atoms with Crippen molar-refractivity contribution in [2.45, 2.75) is 48.5 Å². The van der Waals surface area contributed by atoms with E-state index in [1.165, 1.54) is 0 Å². The van der Waals surface area contributed by atoms with Crippen LogP contribution in [-0.2, 0) is 39.6 Å². The lowest BCUT2D eigenvalue weighted by molar-refractivity contribution is -0.245. The molecule has 2 unspecified atom stereocenters. The molecule has 0 radical (unpaired) electrons. The van der Waals surface area contributed by atoms with Crippen molar-refractivity contribution in [3.63, 3.8) is 0 Å². The second kappa shape index (κ2) is 10.3. The standard InChI is InChI=1S/C14H20F9N3O8S3/c1-8-4-25(5-9(2)26(8)6-10(27)34-7-11(15,16)17)37(32,33)14(22,23)12(18,19)13(20,21)36(30,31)24-35(3,28)29/h8-9,24H,4-7H2,1-3H3. The summed E-state index contributed by atoms with van der Waals surface area (Å²) in [4.78, 5) is 12.6. The molecule has 0 aromatic rings. The molecule has 1 heterocycles. The van der Waals surface area contributed by atoms with Crippen LogP contribution in [-0.4, -0.2) is 108 Å². The smallest absolute Gasteiger partial charge is 0.429 e. The molecule has 37 heavy (non-hydrogen) atoms. The van der Waals surface area contributed by atoms with Crippen LogP contribution in [0.3, 0.4) is 0 Å². The average Bonchev–Trinajstić information content (AvgIpc) is 2.65. The van der Waals surface area contributed by atoms with Crippen molar-refractivity contribution in [2.24, 2.45) is 0 Å². The zero-order valence-corrected chi connectivity index (χ0v) is 21.2. The van der Waals surface area contributed by atoms with Gasteiger partial charge in [-0.25, -0.2) is 25.3 Å². The van der Waals surface area contributed by atoms with Crippen LogP contribution >= 0.6 is 0 Å². The third kappa shape index (κ3) is 6.96. The van der Waals surface area contributed by atoms with Crippen LogP contribution < -0.4 is 4.13 Å². The molecule has 0 aliphatic carbocycles. The van der Waals surface area contributed by atoms with Crippen molar-refractivity contribution < 1.29 is 74.3 Å². The summed E-state index contributed by atoms with van der Waals surface area (Å²) in [5, 5.41) is -13.8. The molecule has 0 amide bonds. The molecule has 1 N–H and O–H groups in total. The lowest BCUT2D eigenvalue weighted by Gasteiger charge is -2.44. The molecule has 0 aromatic carbocycles. The van der Waals surface area contributed by atoms with Crippen LogP contribution in [0, 0.1) is 0 Å². The fourth-order valence-electron chi connectivity index (χ4n) is 3.09. The maximum Gasteiger partial charge on any atom is 0.429 e. The van der Waals surface area contributed by atoms with E-state index in [2.05, 4.69) is 4.74 Å². The molecule has 1 rings (SSSR count). The Morgan fingerprint density at radius 1 is 0.865 bits per heavy atom. The molecule has 0 aromatic heterocycles. The van der Waals surface area contributed by atoms with E-state index in [1.54, 1.807) is 0 Å². The number of hydrogen-bond donors (Lipinski definition) is 1. The Bertz CT molecular complexity index is 1180. The highest BCUT2D eigenvalue weighted by Gasteiger charge is 2.83. The fourth-order valence-corrected chi connectivity index (χ4v) is 7.23. The van der Waals surface area contributed by atoms with Gasteiger partial charge in [0.05, 0.1) is 12.8 Å². The molecular formula is C14H20F9N3O8S3. The largest absolute Gasteiger partial charge is 0.455 e. The Balaban J connectivity index is 3.24. The highest BCUT2D eigenvalue weighted by atomic mass is 32.3. The van der Waals surface area contributed by atoms with Crippen LogP contribution in [0.25, 0.3) is 0 Å². The summed E-state index contributed by atoms with van der Waals surface area (Å²) >= 11 is 0. The van der Waals surface area contributed by atoms with Crippen LogP contribution in [0.1, 0.15) is 13.8 Å². The van der Waals surface area contributed by atoms with E-state index in [9.17, 15) is 69.6 Å². The van der Waals surface area contributed by atoms with Crippen molar-refractivity contribution in [1.29, 1.82) is 0 Å². The van der Waals surface area contributed by atoms with Gasteiger partial charge in [-0.05, 0) is 13.8 Å². The molecule has 0 spiro atoms. The van der Waals surface area contributed by atoms with Gasteiger partial charge in [0.15, 0.2) is 6.61 Å². The number of ether oxygens (including phenoxy) is 1. The summed E-state index contributed by atoms with van der Waals surface area (Å²) in [5.41, 5.74) is 0. The summed E-state index contributed by atoms with van der Waals surface area (Å²) in [6.45, 7) is -3.20. The van der Waals surface area contributed by atoms with Gasteiger partial charge < -0.3 is 4.74 Å². The minimum absolute atomic E-state index is 0.0545. The summed E-state index contributed by atoms with van der Waals surface area (Å²) < 4.78 is 195. The third-order valence-electron chi connectivity index (χ3n) is 4.77. The summed E-state index contributed by atoms with van der Waals surface area (Å²) in [5.74, 6) is -8.69. The van der Waals surface area contributed by atoms with Gasteiger partial charge >= 0.3 is 28.6 Å². The minimum Gasteiger partial charge on any atom is -0.455 e. The highest BCUT2D eigenvalue weighted by Crippen LogP contribution is 2.51. The van der Waals surface area contributed by atoms with Crippen LogP contribution in [0.15, 0.2) is 0 Å². The van der Waals surface area contributed by atoms with E-state index in [0.29, 0.717) is 0 Å². The molecule has 0 bridgehead atoms. The number of piperazine rings is 1. The average molecular weight is 626 g/mol. The van der Waals surface area contributed by atoms with Crippen LogP contribution in [0.2, 0.25) is 0 Å². The zero-order valence-electron chi connectivity index (χ0n) is 18.8. The normalized spacial score (nSPS) is 22.2. The number of sulfonamides is 3. The van der Waals surface area contributed by atoms with Gasteiger partial charge in [0.1, 0.15) is 0 Å². The molecule has 1 fully saturated rings. The topological polar surface area (TPSA) is 147 Å². The molecule has 2 atom stereocenters. The molecular weight excluding hydrogens is 605 g/mol. The van der Waals surface area contributed by atoms with Gasteiger partial charge in [0, 0.05) is 25.2 Å². The van der Waals surface area contributed by atoms with Gasteiger partial charge in [-0.1, -0.05) is 0 Å². The SMILES string of the molecule is CC1CN(S(=O)(=O)C(F)(F)C(F)(F)C(F)(F)S(=O)(=O)NS(C)(=O)=O)CC(C)N1CC(=O)OCC(F)(F)F. The van der Waals surface area contributed by atoms with Gasteiger partial charge in [0.25, 0.3) is 20.0 Å². The molecule has 11 nitrogen and oxygen atoms in total. The second-order valence-electron chi connectivity index (χ2n) is 7.94. The van der Waals surface area contributed by atoms with Crippen molar-refractivity contribution in [3.05, 3.63) is 0 Å². The van der Waals surface area contributed by atoms with Crippen molar-refractivity contribution in [1.82, 2.24) is 13.3 Å². The van der Waals surface area contributed by atoms with E-state index < -0.39 is 101 Å². The van der Waals surface area contributed by atoms with Crippen molar-refractivity contribution >= 4 is 36.0 Å². The van der Waals surface area contributed by atoms with Crippen LogP contribution in [0.4, 0.5) is 39.5 Å². The van der Waals surface area contributed by atoms with E-state index in [4.69, 9.17) is 0 Å². The molecule has 1 aliphatic heterocycles. The number of hydrogen-bond acceptors (Lipinski definition) is 9. The van der Waals surface area contributed by atoms with Crippen molar-refractivity contribution in [2.75, 3.05) is 32.5 Å². The molecule has 23 heteroatoms. The Morgan fingerprint density at radius 3 is 1.68 bits per heavy atom. The molecule has 1 aliphatic rings. The summed E-state index contributed by atoms with van der Waals surface area (Å²) in [6.07, 6.45) is -4.97. The van der Waals surface area contributed by atoms with E-state index in [-0.39, 0.29) is 10.4 Å². The Labute approximate surface area is 205 Å². The number of esters is 1. The van der Waals surface area contributed by atoms with Gasteiger partial charge in [-0.2, -0.15) is 43.8 Å². The first-order valence-corrected chi connectivity index (χ1v) is 14.3. The predicted molar refractivity (Wildman–Crippen MR) is 105 cm³/mol. The summed E-state index contributed by atoms with van der Waals surface area (Å²) in [7, 11) is -19.2. The van der Waals surface area contributed by atoms with Crippen molar-refractivity contribution in [3.8, 4) is 0 Å². The lowest BCUT2D eigenvalue weighted by atomic mass is 10.1. The first kappa shape index (κ1) is 33.6. The number of nitrogens with zero attached hydrogens (tertiary/aromatic N) is 2. The number of carbonyl (C=O) groups is 1. The highest BCUT2D eigenvalue weighted by molar-refractivity contribution is 8.05. The van der Waals surface area contributed by atoms with Crippen LogP contribution in [0.5, 0.6) is 0 Å². The van der Waals surface area contributed by atoms with E-state index in [1.807, 2.05) is 0 Å². The van der Waals surface area contributed by atoms with Gasteiger partial charge in [0.2, 0.25) is 10.0 Å². The fraction of sp³-hybridized carbons (Fsp3) is 0.929. The summed E-state index contributed by atoms with van der Waals surface area (Å²) in [6, 6.07) is -2.70. The van der Waals surface area contributed by atoms with Gasteiger partial charge in [-0.15, -0.1) is 4.13 Å². The van der Waals surface area contributed by atoms with E-state index >= 15 is 0 Å². The quantitative estimate of drug-likeness (QED) is 0.271. The molecule has 1 saturated heterocycles. The molecule has 220 valence electrons. The van der Waals surface area contributed by atoms with E-state index in [0.717, 1.165) is 18.7 Å².